The molecule has 5 heteroatoms. The second-order valence-corrected chi connectivity index (χ2v) is 6.17. The highest BCUT2D eigenvalue weighted by molar-refractivity contribution is 9.10. The van der Waals surface area contributed by atoms with Gasteiger partial charge in [-0.1, -0.05) is 15.9 Å². The van der Waals surface area contributed by atoms with Crippen molar-refractivity contribution in [3.05, 3.63) is 28.7 Å². The number of anilines is 1. The topological polar surface area (TPSA) is 58.2 Å². The molecule has 1 aromatic carbocycles. The Hall–Kier alpha value is -1.20. The quantitative estimate of drug-likeness (QED) is 0.639. The highest BCUT2D eigenvalue weighted by atomic mass is 79.9. The second kappa shape index (κ2) is 6.99. The van der Waals surface area contributed by atoms with Gasteiger partial charge in [0.05, 0.1) is 6.04 Å². The lowest BCUT2D eigenvalue weighted by Crippen LogP contribution is -2.48. The minimum absolute atomic E-state index is 0.288. The van der Waals surface area contributed by atoms with Crippen LogP contribution in [-0.2, 0) is 9.59 Å². The van der Waals surface area contributed by atoms with Crippen LogP contribution in [0.4, 0.5) is 5.69 Å². The molecule has 20 heavy (non-hydrogen) atoms. The minimum Gasteiger partial charge on any atom is -0.382 e. The molecule has 3 unspecified atom stereocenters. The second-order valence-electron chi connectivity index (χ2n) is 5.26. The number of carbonyl (C=O) groups is 2. The third-order valence-corrected chi connectivity index (χ3v) is 4.39. The molecule has 0 amide bonds. The number of hydrogen-bond acceptors (Lipinski definition) is 4. The molecule has 1 aliphatic rings. The maximum atomic E-state index is 11.3. The van der Waals surface area contributed by atoms with Gasteiger partial charge in [-0.3, -0.25) is 9.59 Å². The summed E-state index contributed by atoms with van der Waals surface area (Å²) < 4.78 is 1.06. The number of carbonyl (C=O) groups excluding carboxylic acids is 2. The summed E-state index contributed by atoms with van der Waals surface area (Å²) in [5.74, 6) is 0.117. The number of ketones is 1. The van der Waals surface area contributed by atoms with E-state index in [1.54, 1.807) is 0 Å². The Kier molecular flexibility index (Phi) is 5.31. The van der Waals surface area contributed by atoms with Crippen LogP contribution in [0.5, 0.6) is 0 Å². The van der Waals surface area contributed by atoms with Crippen molar-refractivity contribution in [1.82, 2.24) is 5.32 Å². The van der Waals surface area contributed by atoms with Crippen LogP contribution < -0.4 is 10.6 Å². The smallest absolute Gasteiger partial charge is 0.211 e. The number of aldehydes is 1. The molecular weight excluding hydrogens is 320 g/mol. The Morgan fingerprint density at radius 2 is 2.10 bits per heavy atom. The molecule has 1 fully saturated rings. The molecule has 1 saturated heterocycles. The summed E-state index contributed by atoms with van der Waals surface area (Å²) >= 11 is 3.42. The van der Waals surface area contributed by atoms with Crippen LogP contribution in [0.2, 0.25) is 0 Å². The highest BCUT2D eigenvalue weighted by Crippen LogP contribution is 2.22. The molecule has 1 aliphatic heterocycles. The summed E-state index contributed by atoms with van der Waals surface area (Å²) in [6, 6.07) is 8.12. The molecule has 3 atom stereocenters. The molecule has 0 spiro atoms. The van der Waals surface area contributed by atoms with Crippen molar-refractivity contribution in [2.24, 2.45) is 5.92 Å². The van der Waals surface area contributed by atoms with E-state index >= 15 is 0 Å². The minimum atomic E-state index is -0.336. The molecule has 108 valence electrons. The van der Waals surface area contributed by atoms with E-state index in [-0.39, 0.29) is 11.8 Å². The number of Topliss-reactive ketones (excluding diaryl/α,β-unsaturated/α-hetero) is 1. The van der Waals surface area contributed by atoms with Crippen molar-refractivity contribution in [2.45, 2.75) is 31.8 Å². The fourth-order valence-electron chi connectivity index (χ4n) is 2.56. The van der Waals surface area contributed by atoms with Gasteiger partial charge in [0, 0.05) is 22.7 Å². The first kappa shape index (κ1) is 15.2. The summed E-state index contributed by atoms with van der Waals surface area (Å²) in [6.07, 6.45) is 2.10. The zero-order chi connectivity index (χ0) is 14.5. The molecular formula is C15H19BrN2O2. The Morgan fingerprint density at radius 1 is 1.40 bits per heavy atom. The maximum absolute atomic E-state index is 11.3. The van der Waals surface area contributed by atoms with Gasteiger partial charge in [-0.15, -0.1) is 0 Å². The summed E-state index contributed by atoms with van der Waals surface area (Å²) in [4.78, 5) is 21.8. The maximum Gasteiger partial charge on any atom is 0.211 e. The number of hydrogen-bond donors (Lipinski definition) is 2. The van der Waals surface area contributed by atoms with Gasteiger partial charge in [0.25, 0.3) is 0 Å². The normalized spacial score (nSPS) is 23.9. The van der Waals surface area contributed by atoms with Crippen molar-refractivity contribution in [1.29, 1.82) is 0 Å². The van der Waals surface area contributed by atoms with Crippen molar-refractivity contribution in [2.75, 3.05) is 11.9 Å². The predicted octanol–water partition coefficient (Wildman–Crippen LogP) is 2.39. The van der Waals surface area contributed by atoms with Crippen LogP contribution >= 0.6 is 15.9 Å². The monoisotopic (exact) mass is 338 g/mol. The average molecular weight is 339 g/mol. The average Bonchev–Trinajstić information content (AvgIpc) is 2.49. The van der Waals surface area contributed by atoms with E-state index in [0.717, 1.165) is 29.5 Å². The van der Waals surface area contributed by atoms with Gasteiger partial charge >= 0.3 is 0 Å². The molecule has 4 nitrogen and oxygen atoms in total. The fourth-order valence-corrected chi connectivity index (χ4v) is 2.82. The molecule has 0 saturated carbocycles. The molecule has 0 aliphatic carbocycles. The molecule has 2 rings (SSSR count). The first-order chi connectivity index (χ1) is 9.60. The SMILES string of the molecule is CC(Nc1ccc(Br)cc1)C1CCC(C(=O)C=O)NC1. The van der Waals surface area contributed by atoms with Crippen molar-refractivity contribution in [3.8, 4) is 0 Å². The van der Waals surface area contributed by atoms with E-state index in [9.17, 15) is 9.59 Å². The van der Waals surface area contributed by atoms with Gasteiger partial charge < -0.3 is 10.6 Å². The van der Waals surface area contributed by atoms with Gasteiger partial charge in [0.15, 0.2) is 6.29 Å². The van der Waals surface area contributed by atoms with E-state index in [1.807, 2.05) is 24.3 Å². The Bertz CT molecular complexity index is 467. The van der Waals surface area contributed by atoms with E-state index in [1.165, 1.54) is 0 Å². The predicted molar refractivity (Wildman–Crippen MR) is 82.8 cm³/mol. The van der Waals surface area contributed by atoms with Gasteiger partial charge in [-0.05, 0) is 49.9 Å². The van der Waals surface area contributed by atoms with E-state index in [2.05, 4.69) is 33.5 Å². The van der Waals surface area contributed by atoms with Crippen LogP contribution in [-0.4, -0.2) is 30.7 Å². The number of rotatable bonds is 5. The van der Waals surface area contributed by atoms with Crippen molar-refractivity contribution in [3.63, 3.8) is 0 Å². The molecule has 2 N–H and O–H groups in total. The zero-order valence-corrected chi connectivity index (χ0v) is 13.0. The lowest BCUT2D eigenvalue weighted by atomic mass is 9.88. The Morgan fingerprint density at radius 3 is 2.65 bits per heavy atom. The summed E-state index contributed by atoms with van der Waals surface area (Å²) in [5, 5.41) is 6.65. The van der Waals surface area contributed by atoms with Crippen LogP contribution in [0.1, 0.15) is 19.8 Å². The number of benzene rings is 1. The Balaban J connectivity index is 1.85. The summed E-state index contributed by atoms with van der Waals surface area (Å²) in [7, 11) is 0. The molecule has 1 aromatic rings. The van der Waals surface area contributed by atoms with Crippen molar-refractivity contribution < 1.29 is 9.59 Å². The van der Waals surface area contributed by atoms with E-state index in [4.69, 9.17) is 0 Å². The van der Waals surface area contributed by atoms with E-state index < -0.39 is 0 Å². The fraction of sp³-hybridized carbons (Fsp3) is 0.467. The molecule has 0 bridgehead atoms. The summed E-state index contributed by atoms with van der Waals surface area (Å²) in [5.41, 5.74) is 1.09. The number of nitrogens with one attached hydrogen (secondary N) is 2. The molecule has 0 radical (unpaired) electrons. The van der Waals surface area contributed by atoms with Gasteiger partial charge in [0.2, 0.25) is 5.78 Å². The largest absolute Gasteiger partial charge is 0.382 e. The third-order valence-electron chi connectivity index (χ3n) is 3.86. The van der Waals surface area contributed by atoms with Gasteiger partial charge in [0.1, 0.15) is 0 Å². The van der Waals surface area contributed by atoms with Crippen LogP contribution in [0, 0.1) is 5.92 Å². The Labute approximate surface area is 127 Å². The lowest BCUT2D eigenvalue weighted by molar-refractivity contribution is -0.131. The van der Waals surface area contributed by atoms with Crippen molar-refractivity contribution >= 4 is 33.7 Å². The number of piperidine rings is 1. The van der Waals surface area contributed by atoms with Crippen LogP contribution in [0.25, 0.3) is 0 Å². The molecule has 0 aromatic heterocycles. The first-order valence-electron chi connectivity index (χ1n) is 6.84. The van der Waals surface area contributed by atoms with Gasteiger partial charge in [-0.2, -0.15) is 0 Å². The van der Waals surface area contributed by atoms with E-state index in [0.29, 0.717) is 18.2 Å². The van der Waals surface area contributed by atoms with Gasteiger partial charge in [-0.25, -0.2) is 0 Å². The van der Waals surface area contributed by atoms with Crippen LogP contribution in [0.15, 0.2) is 28.7 Å². The standard InChI is InChI=1S/C15H19BrN2O2/c1-10(18-13-5-3-12(16)4-6-13)11-2-7-14(17-8-11)15(20)9-19/h3-6,9-11,14,17-18H,2,7-8H2,1H3. The third kappa shape index (κ3) is 3.90. The number of halogens is 1. The zero-order valence-electron chi connectivity index (χ0n) is 11.4. The lowest BCUT2D eigenvalue weighted by Gasteiger charge is -2.32. The highest BCUT2D eigenvalue weighted by Gasteiger charge is 2.28. The first-order valence-corrected chi connectivity index (χ1v) is 7.64. The summed E-state index contributed by atoms with van der Waals surface area (Å²) in [6.45, 7) is 2.91. The van der Waals surface area contributed by atoms with Crippen LogP contribution in [0.3, 0.4) is 0 Å². The molecule has 1 heterocycles.